The van der Waals surface area contributed by atoms with Gasteiger partial charge in [0.05, 0.1) is 0 Å². The number of carbonyl (C=O) groups excluding carboxylic acids is 1. The average Bonchev–Trinajstić information content (AvgIpc) is 2.49. The molecule has 2 fully saturated rings. The Labute approximate surface area is 116 Å². The number of rotatable bonds is 3. The Balaban J connectivity index is 0.00000128. The molecule has 3 nitrogen and oxygen atoms in total. The first kappa shape index (κ1) is 16.8. The van der Waals surface area contributed by atoms with Crippen LogP contribution in [0.25, 0.3) is 0 Å². The highest BCUT2D eigenvalue weighted by molar-refractivity contribution is 5.85. The van der Waals surface area contributed by atoms with Gasteiger partial charge >= 0.3 is 0 Å². The normalized spacial score (nSPS) is 26.5. The average molecular weight is 281 g/mol. The Morgan fingerprint density at radius 2 is 2.00 bits per heavy atom. The topological polar surface area (TPSA) is 32.3 Å². The van der Waals surface area contributed by atoms with Gasteiger partial charge in [-0.3, -0.25) is 4.79 Å². The number of allylic oxidation sites excluding steroid dienone is 1. The Hall–Kier alpha value is -0.250. The minimum atomic E-state index is 0. The largest absolute Gasteiger partial charge is 0.335 e. The summed E-state index contributed by atoms with van der Waals surface area (Å²) in [6, 6.07) is 0.956. The van der Waals surface area contributed by atoms with Gasteiger partial charge in [-0.05, 0) is 32.2 Å². The third-order valence-corrected chi connectivity index (χ3v) is 3.50. The van der Waals surface area contributed by atoms with Crippen molar-refractivity contribution in [3.8, 4) is 0 Å². The van der Waals surface area contributed by atoms with E-state index < -0.39 is 0 Å². The molecule has 100 valence electrons. The van der Waals surface area contributed by atoms with Crippen molar-refractivity contribution in [2.24, 2.45) is 0 Å². The second-order valence-corrected chi connectivity index (χ2v) is 4.51. The highest BCUT2D eigenvalue weighted by atomic mass is 35.5. The number of amides is 1. The van der Waals surface area contributed by atoms with Crippen molar-refractivity contribution in [1.29, 1.82) is 0 Å². The van der Waals surface area contributed by atoms with Crippen LogP contribution in [0.3, 0.4) is 0 Å². The minimum Gasteiger partial charge on any atom is -0.335 e. The number of hydrogen-bond acceptors (Lipinski definition) is 2. The molecule has 0 aromatic heterocycles. The Kier molecular flexibility index (Phi) is 7.84. The molecule has 1 amide bonds. The number of halogens is 2. The van der Waals surface area contributed by atoms with E-state index in [1.54, 1.807) is 0 Å². The number of nitrogens with one attached hydrogen (secondary N) is 1. The van der Waals surface area contributed by atoms with E-state index >= 15 is 0 Å². The van der Waals surface area contributed by atoms with Crippen LogP contribution in [0.1, 0.15) is 32.1 Å². The molecule has 0 radical (unpaired) electrons. The highest BCUT2D eigenvalue weighted by Crippen LogP contribution is 2.28. The zero-order valence-corrected chi connectivity index (χ0v) is 11.7. The summed E-state index contributed by atoms with van der Waals surface area (Å²) in [7, 11) is 0. The molecule has 2 unspecified atom stereocenters. The zero-order valence-electron chi connectivity index (χ0n) is 10.1. The lowest BCUT2D eigenvalue weighted by Crippen LogP contribution is -2.42. The molecule has 2 heterocycles. The van der Waals surface area contributed by atoms with Crippen LogP contribution in [-0.2, 0) is 4.79 Å². The molecule has 0 aromatic carbocycles. The van der Waals surface area contributed by atoms with Gasteiger partial charge in [0, 0.05) is 25.0 Å². The zero-order chi connectivity index (χ0) is 10.7. The van der Waals surface area contributed by atoms with E-state index in [-0.39, 0.29) is 24.8 Å². The van der Waals surface area contributed by atoms with Crippen LogP contribution >= 0.6 is 24.8 Å². The lowest BCUT2D eigenvalue weighted by molar-refractivity contribution is -0.133. The fourth-order valence-corrected chi connectivity index (χ4v) is 2.74. The van der Waals surface area contributed by atoms with Crippen LogP contribution in [0.2, 0.25) is 0 Å². The molecular formula is C12H22Cl2N2O. The van der Waals surface area contributed by atoms with Crippen molar-refractivity contribution >= 4 is 30.7 Å². The van der Waals surface area contributed by atoms with E-state index in [9.17, 15) is 4.79 Å². The first-order chi connectivity index (χ1) is 7.33. The van der Waals surface area contributed by atoms with E-state index in [2.05, 4.69) is 16.8 Å². The van der Waals surface area contributed by atoms with Gasteiger partial charge in [0.15, 0.2) is 0 Å². The van der Waals surface area contributed by atoms with Crippen LogP contribution < -0.4 is 5.32 Å². The maximum absolute atomic E-state index is 12.0. The van der Waals surface area contributed by atoms with E-state index in [1.807, 2.05) is 6.08 Å². The molecule has 2 aliphatic heterocycles. The van der Waals surface area contributed by atoms with Crippen LogP contribution in [0.4, 0.5) is 0 Å². The second-order valence-electron chi connectivity index (χ2n) is 4.51. The molecule has 2 atom stereocenters. The summed E-state index contributed by atoms with van der Waals surface area (Å²) in [6.45, 7) is 5.71. The maximum Gasteiger partial charge on any atom is 0.223 e. The van der Waals surface area contributed by atoms with Crippen molar-refractivity contribution in [3.63, 3.8) is 0 Å². The molecular weight excluding hydrogens is 259 g/mol. The van der Waals surface area contributed by atoms with Gasteiger partial charge in [-0.1, -0.05) is 6.08 Å². The summed E-state index contributed by atoms with van der Waals surface area (Å²) >= 11 is 0. The summed E-state index contributed by atoms with van der Waals surface area (Å²) in [4.78, 5) is 14.2. The van der Waals surface area contributed by atoms with Crippen LogP contribution in [0.5, 0.6) is 0 Å². The van der Waals surface area contributed by atoms with Crippen LogP contribution in [0, 0.1) is 0 Å². The fourth-order valence-electron chi connectivity index (χ4n) is 2.74. The van der Waals surface area contributed by atoms with Gasteiger partial charge in [0.25, 0.3) is 0 Å². The molecule has 0 saturated carbocycles. The van der Waals surface area contributed by atoms with Crippen molar-refractivity contribution in [2.75, 3.05) is 13.1 Å². The molecule has 5 heteroatoms. The van der Waals surface area contributed by atoms with E-state index in [4.69, 9.17) is 0 Å². The van der Waals surface area contributed by atoms with Crippen LogP contribution in [-0.4, -0.2) is 36.0 Å². The van der Waals surface area contributed by atoms with Crippen molar-refractivity contribution in [1.82, 2.24) is 10.2 Å². The SMILES string of the molecule is C=CCCC(=O)N1C2CCNCC1CC2.Cl.Cl. The van der Waals surface area contributed by atoms with E-state index in [0.717, 1.165) is 25.9 Å². The standard InChI is InChI=1S/C12H20N2O.2ClH/c1-2-3-4-12(15)14-10-5-6-11(14)9-13-8-7-10;;/h2,10-11,13H,1,3-9H2;2*1H. The fraction of sp³-hybridized carbons (Fsp3) is 0.750. The summed E-state index contributed by atoms with van der Waals surface area (Å²) in [5.41, 5.74) is 0. The third-order valence-electron chi connectivity index (χ3n) is 3.50. The van der Waals surface area contributed by atoms with Gasteiger partial charge in [0.1, 0.15) is 0 Å². The van der Waals surface area contributed by atoms with Gasteiger partial charge < -0.3 is 10.2 Å². The van der Waals surface area contributed by atoms with Gasteiger partial charge in [-0.25, -0.2) is 0 Å². The minimum absolute atomic E-state index is 0. The monoisotopic (exact) mass is 280 g/mol. The van der Waals surface area contributed by atoms with E-state index in [1.165, 1.54) is 12.8 Å². The number of hydrogen-bond donors (Lipinski definition) is 1. The number of nitrogens with zero attached hydrogens (tertiary/aromatic N) is 1. The predicted octanol–water partition coefficient (Wildman–Crippen LogP) is 2.15. The molecule has 0 aromatic rings. The smallest absolute Gasteiger partial charge is 0.223 e. The van der Waals surface area contributed by atoms with Crippen molar-refractivity contribution in [2.45, 2.75) is 44.2 Å². The first-order valence-corrected chi connectivity index (χ1v) is 5.95. The molecule has 17 heavy (non-hydrogen) atoms. The van der Waals surface area contributed by atoms with Gasteiger partial charge in [-0.2, -0.15) is 0 Å². The molecule has 2 saturated heterocycles. The Bertz CT molecular complexity index is 247. The van der Waals surface area contributed by atoms with Crippen molar-refractivity contribution < 1.29 is 4.79 Å². The number of carbonyl (C=O) groups is 1. The predicted molar refractivity (Wildman–Crippen MR) is 75.1 cm³/mol. The second kappa shape index (κ2) is 7.96. The maximum atomic E-state index is 12.0. The lowest BCUT2D eigenvalue weighted by atomic mass is 10.1. The summed E-state index contributed by atoms with van der Waals surface area (Å²) in [5.74, 6) is 0.325. The summed E-state index contributed by atoms with van der Waals surface area (Å²) < 4.78 is 0. The van der Waals surface area contributed by atoms with Crippen molar-refractivity contribution in [3.05, 3.63) is 12.7 Å². The third kappa shape index (κ3) is 3.87. The van der Waals surface area contributed by atoms with Gasteiger partial charge in [0.2, 0.25) is 5.91 Å². The molecule has 0 aliphatic carbocycles. The molecule has 2 bridgehead atoms. The molecule has 2 aliphatic rings. The van der Waals surface area contributed by atoms with Crippen LogP contribution in [0.15, 0.2) is 12.7 Å². The lowest BCUT2D eigenvalue weighted by Gasteiger charge is -2.27. The molecule has 0 spiro atoms. The summed E-state index contributed by atoms with van der Waals surface area (Å²) in [6.07, 6.45) is 6.77. The van der Waals surface area contributed by atoms with E-state index in [0.29, 0.717) is 24.4 Å². The first-order valence-electron chi connectivity index (χ1n) is 5.95. The number of fused-ring (bicyclic) bond motifs is 2. The van der Waals surface area contributed by atoms with Gasteiger partial charge in [-0.15, -0.1) is 31.4 Å². The Morgan fingerprint density at radius 3 is 2.71 bits per heavy atom. The summed E-state index contributed by atoms with van der Waals surface area (Å²) in [5, 5.41) is 3.41. The quantitative estimate of drug-likeness (QED) is 0.804. The Morgan fingerprint density at radius 1 is 1.29 bits per heavy atom. The molecule has 1 N–H and O–H groups in total. The molecule has 2 rings (SSSR count). The highest BCUT2D eigenvalue weighted by Gasteiger charge is 2.37.